The third-order valence-electron chi connectivity index (χ3n) is 4.38. The van der Waals surface area contributed by atoms with Crippen molar-refractivity contribution in [2.24, 2.45) is 0 Å². The number of nitrogens with two attached hydrogens (primary N) is 1. The Labute approximate surface area is 129 Å². The van der Waals surface area contributed by atoms with Crippen molar-refractivity contribution in [3.63, 3.8) is 0 Å². The quantitative estimate of drug-likeness (QED) is 0.714. The predicted molar refractivity (Wildman–Crippen MR) is 87.2 cm³/mol. The smallest absolute Gasteiger partial charge is 0.127 e. The molecule has 2 rings (SSSR count). The second-order valence-electron chi connectivity index (χ2n) is 6.62. The minimum atomic E-state index is 0.523. The van der Waals surface area contributed by atoms with Crippen molar-refractivity contribution < 1.29 is 15.0 Å². The fourth-order valence-corrected chi connectivity index (χ4v) is 3.03. The Morgan fingerprint density at radius 1 is 1.19 bits per heavy atom. The molecule has 1 aliphatic heterocycles. The minimum Gasteiger partial charge on any atom is -0.493 e. The zero-order chi connectivity index (χ0) is 15.1. The number of piperazine rings is 1. The van der Waals surface area contributed by atoms with Crippen molar-refractivity contribution in [3.8, 4) is 5.75 Å². The Morgan fingerprint density at radius 2 is 1.95 bits per heavy atom. The van der Waals surface area contributed by atoms with Crippen molar-refractivity contribution >= 4 is 0 Å². The summed E-state index contributed by atoms with van der Waals surface area (Å²) in [4.78, 5) is 1.77. The number of benzene rings is 1. The Kier molecular flexibility index (Phi) is 6.52. The molecule has 3 heteroatoms. The summed E-state index contributed by atoms with van der Waals surface area (Å²) >= 11 is 0. The van der Waals surface area contributed by atoms with Gasteiger partial charge >= 0.3 is 0 Å². The number of nitrogens with one attached hydrogen (secondary N) is 1. The first-order valence-electron chi connectivity index (χ1n) is 8.55. The van der Waals surface area contributed by atoms with Gasteiger partial charge in [0.25, 0.3) is 0 Å². The summed E-state index contributed by atoms with van der Waals surface area (Å²) in [6.45, 7) is 14.0. The van der Waals surface area contributed by atoms with Crippen LogP contribution in [-0.4, -0.2) is 39.3 Å². The predicted octanol–water partition coefficient (Wildman–Crippen LogP) is 0.739. The molecular weight excluding hydrogens is 260 g/mol. The molecule has 0 aliphatic carbocycles. The zero-order valence-electron chi connectivity index (χ0n) is 14.0. The van der Waals surface area contributed by atoms with Crippen LogP contribution in [0.25, 0.3) is 0 Å². The molecule has 0 saturated carbocycles. The van der Waals surface area contributed by atoms with Crippen molar-refractivity contribution in [2.75, 3.05) is 39.3 Å². The van der Waals surface area contributed by atoms with E-state index in [1.807, 2.05) is 0 Å². The standard InChI is InChI=1S/C18H30N2O/c1-15(2)17-7-6-16(3)14-18(17)21-13-5-4-10-20-11-8-19-9-12-20/h6-7,14-15,19H,4-5,8-13H2,1-3H3/p+2. The van der Waals surface area contributed by atoms with E-state index in [9.17, 15) is 0 Å². The van der Waals surface area contributed by atoms with Gasteiger partial charge in [-0.1, -0.05) is 26.0 Å². The van der Waals surface area contributed by atoms with Crippen molar-refractivity contribution in [3.05, 3.63) is 29.3 Å². The zero-order valence-corrected chi connectivity index (χ0v) is 14.0. The highest BCUT2D eigenvalue weighted by molar-refractivity contribution is 5.39. The molecule has 1 aliphatic rings. The summed E-state index contributed by atoms with van der Waals surface area (Å²) in [5, 5.41) is 2.43. The van der Waals surface area contributed by atoms with E-state index in [2.05, 4.69) is 44.3 Å². The third-order valence-corrected chi connectivity index (χ3v) is 4.38. The van der Waals surface area contributed by atoms with Gasteiger partial charge in [-0.2, -0.15) is 0 Å². The monoisotopic (exact) mass is 292 g/mol. The van der Waals surface area contributed by atoms with Crippen molar-refractivity contribution in [1.29, 1.82) is 0 Å². The molecule has 0 aromatic heterocycles. The molecule has 0 atom stereocenters. The largest absolute Gasteiger partial charge is 0.493 e. The molecule has 3 nitrogen and oxygen atoms in total. The Bertz CT molecular complexity index is 425. The second-order valence-corrected chi connectivity index (χ2v) is 6.62. The summed E-state index contributed by atoms with van der Waals surface area (Å²) in [6, 6.07) is 6.57. The number of hydrogen-bond acceptors (Lipinski definition) is 1. The van der Waals surface area contributed by atoms with Gasteiger partial charge in [0.15, 0.2) is 0 Å². The maximum absolute atomic E-state index is 6.05. The minimum absolute atomic E-state index is 0.523. The van der Waals surface area contributed by atoms with E-state index in [0.29, 0.717) is 5.92 Å². The van der Waals surface area contributed by atoms with Gasteiger partial charge in [-0.05, 0) is 42.9 Å². The molecule has 1 saturated heterocycles. The van der Waals surface area contributed by atoms with Gasteiger partial charge in [0.05, 0.1) is 13.2 Å². The number of rotatable bonds is 7. The molecule has 1 aromatic carbocycles. The second kappa shape index (κ2) is 8.40. The first kappa shape index (κ1) is 16.3. The summed E-state index contributed by atoms with van der Waals surface area (Å²) in [5.41, 5.74) is 2.61. The van der Waals surface area contributed by atoms with E-state index >= 15 is 0 Å². The fourth-order valence-electron chi connectivity index (χ4n) is 3.03. The van der Waals surface area contributed by atoms with E-state index in [0.717, 1.165) is 12.4 Å². The number of unbranched alkanes of at least 4 members (excludes halogenated alkanes) is 1. The van der Waals surface area contributed by atoms with Gasteiger partial charge in [0.2, 0.25) is 0 Å². The maximum Gasteiger partial charge on any atom is 0.127 e. The van der Waals surface area contributed by atoms with Crippen LogP contribution in [0, 0.1) is 6.92 Å². The van der Waals surface area contributed by atoms with Crippen LogP contribution in [0.5, 0.6) is 5.75 Å². The lowest BCUT2D eigenvalue weighted by atomic mass is 10.0. The van der Waals surface area contributed by atoms with E-state index in [-0.39, 0.29) is 0 Å². The van der Waals surface area contributed by atoms with Crippen LogP contribution in [0.3, 0.4) is 0 Å². The molecule has 3 N–H and O–H groups in total. The van der Waals surface area contributed by atoms with Crippen LogP contribution < -0.4 is 15.0 Å². The van der Waals surface area contributed by atoms with E-state index < -0.39 is 0 Å². The molecule has 0 unspecified atom stereocenters. The van der Waals surface area contributed by atoms with Crippen LogP contribution >= 0.6 is 0 Å². The molecule has 118 valence electrons. The average molecular weight is 292 g/mol. The molecule has 0 spiro atoms. The number of quaternary nitrogens is 2. The van der Waals surface area contributed by atoms with E-state index in [1.54, 1.807) is 4.90 Å². The molecule has 0 amide bonds. The summed E-state index contributed by atoms with van der Waals surface area (Å²) in [7, 11) is 0. The van der Waals surface area contributed by atoms with Crippen LogP contribution in [0.2, 0.25) is 0 Å². The van der Waals surface area contributed by atoms with Crippen molar-refractivity contribution in [2.45, 2.75) is 39.5 Å². The third kappa shape index (κ3) is 5.33. The van der Waals surface area contributed by atoms with Crippen LogP contribution in [-0.2, 0) is 0 Å². The van der Waals surface area contributed by atoms with Gasteiger partial charge in [-0.15, -0.1) is 0 Å². The summed E-state index contributed by atoms with van der Waals surface area (Å²) < 4.78 is 6.05. The Hall–Kier alpha value is -1.06. The fraction of sp³-hybridized carbons (Fsp3) is 0.667. The van der Waals surface area contributed by atoms with Gasteiger partial charge in [-0.3, -0.25) is 0 Å². The Balaban J connectivity index is 1.71. The Morgan fingerprint density at radius 3 is 2.67 bits per heavy atom. The van der Waals surface area contributed by atoms with E-state index in [4.69, 9.17) is 4.74 Å². The molecule has 1 fully saturated rings. The average Bonchev–Trinajstić information content (AvgIpc) is 2.48. The van der Waals surface area contributed by atoms with Crippen LogP contribution in [0.15, 0.2) is 18.2 Å². The highest BCUT2D eigenvalue weighted by atomic mass is 16.5. The lowest BCUT2D eigenvalue weighted by Crippen LogP contribution is -3.20. The van der Waals surface area contributed by atoms with Crippen LogP contribution in [0.4, 0.5) is 0 Å². The molecule has 0 bridgehead atoms. The lowest BCUT2D eigenvalue weighted by Gasteiger charge is -2.22. The van der Waals surface area contributed by atoms with Gasteiger partial charge < -0.3 is 15.0 Å². The first-order valence-corrected chi connectivity index (χ1v) is 8.55. The topological polar surface area (TPSA) is 30.3 Å². The number of ether oxygens (including phenoxy) is 1. The highest BCUT2D eigenvalue weighted by Crippen LogP contribution is 2.27. The van der Waals surface area contributed by atoms with E-state index in [1.165, 1.54) is 56.7 Å². The molecule has 21 heavy (non-hydrogen) atoms. The molecule has 1 heterocycles. The highest BCUT2D eigenvalue weighted by Gasteiger charge is 2.14. The summed E-state index contributed by atoms with van der Waals surface area (Å²) in [5.74, 6) is 1.61. The van der Waals surface area contributed by atoms with Crippen molar-refractivity contribution in [1.82, 2.24) is 0 Å². The summed E-state index contributed by atoms with van der Waals surface area (Å²) in [6.07, 6.45) is 2.44. The molecular formula is C18H32N2O+2. The normalized spacial score (nSPS) is 16.4. The van der Waals surface area contributed by atoms with Gasteiger partial charge in [-0.25, -0.2) is 0 Å². The molecule has 0 radical (unpaired) electrons. The SMILES string of the molecule is Cc1ccc(C(C)C)c(OCCCC[NH+]2CC[NH2+]CC2)c1. The van der Waals surface area contributed by atoms with Gasteiger partial charge in [0.1, 0.15) is 31.9 Å². The number of hydrogen-bond donors (Lipinski definition) is 2. The van der Waals surface area contributed by atoms with Crippen LogP contribution in [0.1, 0.15) is 43.7 Å². The maximum atomic E-state index is 6.05. The lowest BCUT2D eigenvalue weighted by molar-refractivity contribution is -0.946. The number of aryl methyl sites for hydroxylation is 1. The van der Waals surface area contributed by atoms with Gasteiger partial charge in [0, 0.05) is 0 Å². The first-order chi connectivity index (χ1) is 10.2. The molecule has 1 aromatic rings.